The monoisotopic (exact) mass is 378 g/mol. The Labute approximate surface area is 171 Å². The van der Waals surface area contributed by atoms with Crippen molar-refractivity contribution in [2.24, 2.45) is 0 Å². The Kier molecular flexibility index (Phi) is 5.77. The molecular weight excluding hydrogens is 356 g/mol. The molecule has 0 aliphatic carbocycles. The molecule has 0 unspecified atom stereocenters. The molecule has 0 saturated carbocycles. The predicted molar refractivity (Wildman–Crippen MR) is 115 cm³/mol. The van der Waals surface area contributed by atoms with E-state index < -0.39 is 0 Å². The molecule has 3 aromatic carbocycles. The average Bonchev–Trinajstić information content (AvgIpc) is 2.80. The predicted octanol–water partition coefficient (Wildman–Crippen LogP) is 5.12. The minimum Gasteiger partial charge on any atom is -0.344 e. The molecule has 3 nitrogen and oxygen atoms in total. The SMILES string of the molecule is O=C(N[C@H](c1ccccc1)c1ccncc1)C(c1ccccc1)c1ccccc1. The summed E-state index contributed by atoms with van der Waals surface area (Å²) in [5.74, 6) is -0.418. The van der Waals surface area contributed by atoms with Crippen molar-refractivity contribution in [3.8, 4) is 0 Å². The third kappa shape index (κ3) is 4.41. The third-order valence-electron chi connectivity index (χ3n) is 4.99. The molecule has 0 aliphatic heterocycles. The summed E-state index contributed by atoms with van der Waals surface area (Å²) in [7, 11) is 0. The number of aromatic nitrogens is 1. The van der Waals surface area contributed by atoms with Crippen molar-refractivity contribution in [3.63, 3.8) is 0 Å². The highest BCUT2D eigenvalue weighted by atomic mass is 16.1. The van der Waals surface area contributed by atoms with Gasteiger partial charge in [-0.25, -0.2) is 0 Å². The maximum atomic E-state index is 13.6. The lowest BCUT2D eigenvalue weighted by Gasteiger charge is -2.24. The van der Waals surface area contributed by atoms with Crippen molar-refractivity contribution in [1.82, 2.24) is 10.3 Å². The van der Waals surface area contributed by atoms with Gasteiger partial charge in [-0.15, -0.1) is 0 Å². The zero-order chi connectivity index (χ0) is 19.9. The van der Waals surface area contributed by atoms with E-state index in [4.69, 9.17) is 0 Å². The van der Waals surface area contributed by atoms with Gasteiger partial charge in [-0.05, 0) is 34.4 Å². The highest BCUT2D eigenvalue weighted by Gasteiger charge is 2.26. The summed E-state index contributed by atoms with van der Waals surface area (Å²) in [6, 6.07) is 33.5. The second-order valence-corrected chi connectivity index (χ2v) is 6.89. The Balaban J connectivity index is 1.71. The molecule has 142 valence electrons. The summed E-state index contributed by atoms with van der Waals surface area (Å²) >= 11 is 0. The van der Waals surface area contributed by atoms with Crippen LogP contribution in [0.15, 0.2) is 116 Å². The number of nitrogens with zero attached hydrogens (tertiary/aromatic N) is 1. The molecular formula is C26H22N2O. The number of nitrogens with one attached hydrogen (secondary N) is 1. The maximum Gasteiger partial charge on any atom is 0.232 e. The smallest absolute Gasteiger partial charge is 0.232 e. The van der Waals surface area contributed by atoms with Gasteiger partial charge in [-0.1, -0.05) is 91.0 Å². The van der Waals surface area contributed by atoms with E-state index in [-0.39, 0.29) is 17.9 Å². The van der Waals surface area contributed by atoms with E-state index in [1.165, 1.54) is 0 Å². The van der Waals surface area contributed by atoms with Crippen LogP contribution in [0, 0.1) is 0 Å². The zero-order valence-electron chi connectivity index (χ0n) is 16.0. The zero-order valence-corrected chi connectivity index (χ0v) is 16.0. The molecule has 0 fully saturated rings. The van der Waals surface area contributed by atoms with E-state index in [0.29, 0.717) is 0 Å². The first kappa shape index (κ1) is 18.6. The minimum atomic E-state index is -0.384. The highest BCUT2D eigenvalue weighted by Crippen LogP contribution is 2.28. The third-order valence-corrected chi connectivity index (χ3v) is 4.99. The van der Waals surface area contributed by atoms with E-state index in [1.807, 2.05) is 103 Å². The van der Waals surface area contributed by atoms with E-state index in [9.17, 15) is 4.79 Å². The number of hydrogen-bond donors (Lipinski definition) is 1. The lowest BCUT2D eigenvalue weighted by Crippen LogP contribution is -2.34. The van der Waals surface area contributed by atoms with E-state index in [0.717, 1.165) is 22.3 Å². The minimum absolute atomic E-state index is 0.0342. The second kappa shape index (κ2) is 8.98. The standard InChI is InChI=1S/C26H22N2O/c29-26(24(20-10-4-1-5-11-20)21-12-6-2-7-13-21)28-25(22-14-8-3-9-15-22)23-16-18-27-19-17-23/h1-19,24-25H,(H,28,29)/t25-/m1/s1. The van der Waals surface area contributed by atoms with Gasteiger partial charge in [0.15, 0.2) is 0 Å². The van der Waals surface area contributed by atoms with E-state index in [2.05, 4.69) is 10.3 Å². The summed E-state index contributed by atoms with van der Waals surface area (Å²) in [5.41, 5.74) is 3.97. The maximum absolute atomic E-state index is 13.6. The second-order valence-electron chi connectivity index (χ2n) is 6.89. The molecule has 4 aromatic rings. The summed E-state index contributed by atoms with van der Waals surface area (Å²) in [6.07, 6.45) is 3.51. The first-order valence-electron chi connectivity index (χ1n) is 9.68. The van der Waals surface area contributed by atoms with Gasteiger partial charge in [0.25, 0.3) is 0 Å². The van der Waals surface area contributed by atoms with E-state index >= 15 is 0 Å². The van der Waals surface area contributed by atoms with Gasteiger partial charge in [0, 0.05) is 12.4 Å². The van der Waals surface area contributed by atoms with Crippen molar-refractivity contribution >= 4 is 5.91 Å². The number of carbonyl (C=O) groups is 1. The molecule has 3 heteroatoms. The summed E-state index contributed by atoms with van der Waals surface area (Å²) < 4.78 is 0. The molecule has 0 aliphatic rings. The van der Waals surface area contributed by atoms with Gasteiger partial charge in [-0.3, -0.25) is 9.78 Å². The molecule has 29 heavy (non-hydrogen) atoms. The quantitative estimate of drug-likeness (QED) is 0.506. The molecule has 0 spiro atoms. The molecule has 0 saturated heterocycles. The first-order valence-corrected chi connectivity index (χ1v) is 9.68. The number of rotatable bonds is 6. The number of hydrogen-bond acceptors (Lipinski definition) is 2. The Bertz CT molecular complexity index is 956. The molecule has 1 heterocycles. The van der Waals surface area contributed by atoms with Crippen LogP contribution in [0.4, 0.5) is 0 Å². The molecule has 1 N–H and O–H groups in total. The lowest BCUT2D eigenvalue weighted by molar-refractivity contribution is -0.122. The fraction of sp³-hybridized carbons (Fsp3) is 0.0769. The molecule has 4 rings (SSSR count). The van der Waals surface area contributed by atoms with Gasteiger partial charge in [0.1, 0.15) is 0 Å². The fourth-order valence-electron chi connectivity index (χ4n) is 3.57. The van der Waals surface area contributed by atoms with Crippen LogP contribution in [0.3, 0.4) is 0 Å². The summed E-state index contributed by atoms with van der Waals surface area (Å²) in [6.45, 7) is 0. The van der Waals surface area contributed by atoms with Crippen LogP contribution in [-0.4, -0.2) is 10.9 Å². The van der Waals surface area contributed by atoms with Crippen LogP contribution in [0.25, 0.3) is 0 Å². The number of amides is 1. The molecule has 1 amide bonds. The van der Waals surface area contributed by atoms with Gasteiger partial charge in [-0.2, -0.15) is 0 Å². The Morgan fingerprint density at radius 3 is 1.48 bits per heavy atom. The van der Waals surface area contributed by atoms with Crippen LogP contribution in [0.5, 0.6) is 0 Å². The van der Waals surface area contributed by atoms with Gasteiger partial charge in [0.2, 0.25) is 5.91 Å². The first-order chi connectivity index (χ1) is 14.3. The summed E-state index contributed by atoms with van der Waals surface area (Å²) in [4.78, 5) is 17.7. The van der Waals surface area contributed by atoms with Gasteiger partial charge < -0.3 is 5.32 Å². The Hall–Kier alpha value is -3.72. The van der Waals surface area contributed by atoms with Crippen molar-refractivity contribution in [2.45, 2.75) is 12.0 Å². The topological polar surface area (TPSA) is 42.0 Å². The largest absolute Gasteiger partial charge is 0.344 e. The number of pyridine rings is 1. The van der Waals surface area contributed by atoms with Crippen molar-refractivity contribution in [3.05, 3.63) is 138 Å². The highest BCUT2D eigenvalue weighted by molar-refractivity contribution is 5.87. The molecule has 0 radical (unpaired) electrons. The van der Waals surface area contributed by atoms with Crippen molar-refractivity contribution in [1.29, 1.82) is 0 Å². The fourth-order valence-corrected chi connectivity index (χ4v) is 3.57. The van der Waals surface area contributed by atoms with Crippen LogP contribution in [0.1, 0.15) is 34.2 Å². The molecule has 1 aromatic heterocycles. The Morgan fingerprint density at radius 2 is 1.00 bits per heavy atom. The van der Waals surface area contributed by atoms with Gasteiger partial charge in [0.05, 0.1) is 12.0 Å². The average molecular weight is 378 g/mol. The van der Waals surface area contributed by atoms with Crippen molar-refractivity contribution in [2.75, 3.05) is 0 Å². The van der Waals surface area contributed by atoms with E-state index in [1.54, 1.807) is 12.4 Å². The number of carbonyl (C=O) groups excluding carboxylic acids is 1. The number of benzene rings is 3. The van der Waals surface area contributed by atoms with Crippen LogP contribution >= 0.6 is 0 Å². The molecule has 0 bridgehead atoms. The van der Waals surface area contributed by atoms with Gasteiger partial charge >= 0.3 is 0 Å². The van der Waals surface area contributed by atoms with Crippen LogP contribution in [-0.2, 0) is 4.79 Å². The van der Waals surface area contributed by atoms with Crippen LogP contribution < -0.4 is 5.32 Å². The van der Waals surface area contributed by atoms with Crippen LogP contribution in [0.2, 0.25) is 0 Å². The normalized spacial score (nSPS) is 11.8. The molecule has 1 atom stereocenters. The Morgan fingerprint density at radius 1 is 0.586 bits per heavy atom. The van der Waals surface area contributed by atoms with Crippen molar-refractivity contribution < 1.29 is 4.79 Å². The lowest BCUT2D eigenvalue weighted by atomic mass is 9.89. The summed E-state index contributed by atoms with van der Waals surface area (Å²) in [5, 5.41) is 3.28.